The number of anilines is 2. The average molecular weight is 782 g/mol. The lowest BCUT2D eigenvalue weighted by Gasteiger charge is -2.50. The van der Waals surface area contributed by atoms with Crippen LogP contribution < -0.4 is 25.3 Å². The number of benzene rings is 4. The van der Waals surface area contributed by atoms with Crippen LogP contribution in [0, 0.1) is 23.7 Å². The number of carbonyl (C=O) groups is 4. The van der Waals surface area contributed by atoms with Gasteiger partial charge < -0.3 is 24.6 Å². The van der Waals surface area contributed by atoms with E-state index in [2.05, 4.69) is 5.43 Å². The van der Waals surface area contributed by atoms with Crippen LogP contribution in [-0.4, -0.2) is 65.1 Å². The van der Waals surface area contributed by atoms with Gasteiger partial charge in [0.15, 0.2) is 11.5 Å². The van der Waals surface area contributed by atoms with Crippen LogP contribution in [0.25, 0.3) is 0 Å². The Hall–Kier alpha value is -5.34. The van der Waals surface area contributed by atoms with E-state index < -0.39 is 65.8 Å². The van der Waals surface area contributed by atoms with Gasteiger partial charge in [0, 0.05) is 16.5 Å². The number of hydrogen-bond donors (Lipinski definition) is 4. The summed E-state index contributed by atoms with van der Waals surface area (Å²) in [4.78, 5) is 60.2. The van der Waals surface area contributed by atoms with Gasteiger partial charge in [-0.25, -0.2) is 0 Å². The number of rotatable bonds is 8. The number of para-hydroxylation sites is 1. The number of nitrogens with zero attached hydrogens (tertiary/aromatic N) is 2. The van der Waals surface area contributed by atoms with Gasteiger partial charge in [-0.15, -0.1) is 0 Å². The second kappa shape index (κ2) is 13.8. The Balaban J connectivity index is 1.33. The summed E-state index contributed by atoms with van der Waals surface area (Å²) in [7, 11) is 1.09. The second-order valence-electron chi connectivity index (χ2n) is 14.1. The average Bonchev–Trinajstić information content (AvgIpc) is 3.56. The molecule has 0 bridgehead atoms. The van der Waals surface area contributed by atoms with E-state index in [1.54, 1.807) is 60.7 Å². The molecule has 2 saturated heterocycles. The Labute approximate surface area is 326 Å². The minimum absolute atomic E-state index is 0.000380. The van der Waals surface area contributed by atoms with Crippen molar-refractivity contribution in [2.24, 2.45) is 23.7 Å². The summed E-state index contributed by atoms with van der Waals surface area (Å²) in [6.07, 6.45) is 2.00. The zero-order valence-electron chi connectivity index (χ0n) is 29.5. The minimum Gasteiger partial charge on any atom is -0.504 e. The molecule has 0 spiro atoms. The van der Waals surface area contributed by atoms with E-state index >= 15 is 4.79 Å². The van der Waals surface area contributed by atoms with E-state index in [0.29, 0.717) is 27.5 Å². The van der Waals surface area contributed by atoms with Gasteiger partial charge in [0.25, 0.3) is 11.8 Å². The molecule has 4 aromatic carbocycles. The number of fused-ring (bicyclic) bond motifs is 4. The SMILES string of the molecule is COc1ccc([C@@]23C(=O)N(Nc4ccc(Cl)cc4Cl)C(=O)[C@@H]2C[C@@H]2C(=CC[C@@H]4C(=O)N(c5cccc(B(O)O)c5)C(=O)[C@@H]42)[C@@H]3c2cccc(OC)c2O)cc1. The maximum atomic E-state index is 15.4. The maximum absolute atomic E-state index is 15.4. The molecule has 4 aliphatic rings. The standard InChI is InChI=1S/C40H34BCl2N3O9/c1-54-24-12-9-20(10-13-24)40-29(37(49)46(39(40)51)44-31-16-11-22(42)18-30(31)43)19-28-25(34(40)27-7-4-8-32(55-2)35(27)47)14-15-26-33(28)38(50)45(36(26)48)23-6-3-5-21(17-23)41(52)53/h3-14,16-18,26,28-29,33-34,44,47,52-53H,15,19H2,1-2H3/t26-,28+,29-,33-,34+,40+/m0/s1. The smallest absolute Gasteiger partial charge is 0.488 e. The molecule has 12 nitrogen and oxygen atoms in total. The van der Waals surface area contributed by atoms with E-state index in [1.807, 2.05) is 6.08 Å². The number of hydrogen-bond acceptors (Lipinski definition) is 10. The first-order valence-electron chi connectivity index (χ1n) is 17.6. The highest BCUT2D eigenvalue weighted by molar-refractivity contribution is 6.58. The lowest BCUT2D eigenvalue weighted by molar-refractivity contribution is -0.138. The molecule has 280 valence electrons. The minimum atomic E-state index is -1.82. The molecule has 8 rings (SSSR count). The molecule has 4 aromatic rings. The summed E-state index contributed by atoms with van der Waals surface area (Å²) in [5.41, 5.74) is 3.17. The monoisotopic (exact) mass is 781 g/mol. The highest BCUT2D eigenvalue weighted by Crippen LogP contribution is 2.65. The first kappa shape index (κ1) is 36.6. The number of hydrazine groups is 1. The maximum Gasteiger partial charge on any atom is 0.488 e. The van der Waals surface area contributed by atoms with Gasteiger partial charge in [-0.1, -0.05) is 71.2 Å². The fourth-order valence-corrected chi connectivity index (χ4v) is 9.65. The Morgan fingerprint density at radius 2 is 1.60 bits per heavy atom. The van der Waals surface area contributed by atoms with Crippen molar-refractivity contribution in [2.45, 2.75) is 24.2 Å². The predicted molar refractivity (Wildman–Crippen MR) is 204 cm³/mol. The zero-order chi connectivity index (χ0) is 38.9. The van der Waals surface area contributed by atoms with Crippen molar-refractivity contribution in [2.75, 3.05) is 24.5 Å². The Kier molecular flexibility index (Phi) is 9.16. The quantitative estimate of drug-likeness (QED) is 0.113. The zero-order valence-corrected chi connectivity index (χ0v) is 31.0. The molecule has 4 N–H and O–H groups in total. The van der Waals surface area contributed by atoms with Crippen LogP contribution in [0.1, 0.15) is 29.9 Å². The van der Waals surface area contributed by atoms with Crippen LogP contribution in [0.3, 0.4) is 0 Å². The highest BCUT2D eigenvalue weighted by atomic mass is 35.5. The molecule has 2 aliphatic carbocycles. The number of methoxy groups -OCH3 is 2. The third kappa shape index (κ3) is 5.51. The first-order valence-corrected chi connectivity index (χ1v) is 18.3. The van der Waals surface area contributed by atoms with Gasteiger partial charge in [-0.3, -0.25) is 29.5 Å². The number of ether oxygens (including phenoxy) is 2. The number of amides is 4. The van der Waals surface area contributed by atoms with Gasteiger partial charge in [0.2, 0.25) is 11.8 Å². The fraction of sp³-hybridized carbons (Fsp3) is 0.250. The number of aromatic hydroxyl groups is 1. The van der Waals surface area contributed by atoms with Crippen molar-refractivity contribution in [3.05, 3.63) is 118 Å². The lowest BCUT2D eigenvalue weighted by atomic mass is 9.49. The molecule has 1 saturated carbocycles. The number of nitrogens with one attached hydrogen (secondary N) is 1. The number of allylic oxidation sites excluding steroid dienone is 2. The van der Waals surface area contributed by atoms with Crippen molar-refractivity contribution in [3.8, 4) is 17.2 Å². The van der Waals surface area contributed by atoms with Crippen LogP contribution in [0.5, 0.6) is 17.2 Å². The van der Waals surface area contributed by atoms with Crippen molar-refractivity contribution >= 4 is 70.8 Å². The lowest BCUT2D eigenvalue weighted by Crippen LogP contribution is -2.53. The molecular formula is C40H34BCl2N3O9. The Bertz CT molecular complexity index is 2300. The molecule has 2 aliphatic heterocycles. The molecule has 0 unspecified atom stereocenters. The normalized spacial score (nSPS) is 25.6. The summed E-state index contributed by atoms with van der Waals surface area (Å²) in [5, 5.41) is 33.0. The third-order valence-electron chi connectivity index (χ3n) is 11.6. The molecule has 0 aromatic heterocycles. The first-order chi connectivity index (χ1) is 26.4. The van der Waals surface area contributed by atoms with E-state index in [9.17, 15) is 29.5 Å². The molecule has 4 amide bonds. The summed E-state index contributed by atoms with van der Waals surface area (Å²) < 4.78 is 11.0. The predicted octanol–water partition coefficient (Wildman–Crippen LogP) is 4.59. The second-order valence-corrected chi connectivity index (χ2v) is 14.9. The van der Waals surface area contributed by atoms with Crippen LogP contribution >= 0.6 is 23.2 Å². The number of halogens is 2. The highest BCUT2D eigenvalue weighted by Gasteiger charge is 2.70. The molecule has 15 heteroatoms. The van der Waals surface area contributed by atoms with Gasteiger partial charge in [-0.05, 0) is 78.3 Å². The number of phenolic OH excluding ortho intramolecular Hbond substituents is 1. The van der Waals surface area contributed by atoms with Crippen LogP contribution in [0.4, 0.5) is 11.4 Å². The Morgan fingerprint density at radius 1 is 0.855 bits per heavy atom. The molecular weight excluding hydrogens is 748 g/mol. The van der Waals surface area contributed by atoms with E-state index in [-0.39, 0.29) is 46.2 Å². The molecule has 3 fully saturated rings. The molecule has 6 atom stereocenters. The van der Waals surface area contributed by atoms with Gasteiger partial charge in [-0.2, -0.15) is 5.01 Å². The number of carbonyl (C=O) groups excluding carboxylic acids is 4. The summed E-state index contributed by atoms with van der Waals surface area (Å²) in [6.45, 7) is 0. The molecule has 0 radical (unpaired) electrons. The van der Waals surface area contributed by atoms with E-state index in [4.69, 9.17) is 32.7 Å². The third-order valence-corrected chi connectivity index (χ3v) is 12.1. The van der Waals surface area contributed by atoms with Gasteiger partial charge in [0.1, 0.15) is 5.75 Å². The number of imide groups is 2. The van der Waals surface area contributed by atoms with Crippen molar-refractivity contribution in [3.63, 3.8) is 0 Å². The topological polar surface area (TPSA) is 166 Å². The Morgan fingerprint density at radius 3 is 2.29 bits per heavy atom. The van der Waals surface area contributed by atoms with Crippen molar-refractivity contribution in [1.29, 1.82) is 0 Å². The molecule has 55 heavy (non-hydrogen) atoms. The van der Waals surface area contributed by atoms with Crippen molar-refractivity contribution in [1.82, 2.24) is 5.01 Å². The van der Waals surface area contributed by atoms with Crippen LogP contribution in [-0.2, 0) is 24.6 Å². The fourth-order valence-electron chi connectivity index (χ4n) is 9.20. The van der Waals surface area contributed by atoms with Gasteiger partial charge in [0.05, 0.1) is 53.8 Å². The summed E-state index contributed by atoms with van der Waals surface area (Å²) in [5.74, 6) is -6.40. The molecule has 2 heterocycles. The van der Waals surface area contributed by atoms with Crippen LogP contribution in [0.2, 0.25) is 10.0 Å². The van der Waals surface area contributed by atoms with Crippen LogP contribution in [0.15, 0.2) is 96.6 Å². The largest absolute Gasteiger partial charge is 0.504 e. The van der Waals surface area contributed by atoms with Gasteiger partial charge >= 0.3 is 7.12 Å². The van der Waals surface area contributed by atoms with E-state index in [1.165, 1.54) is 38.5 Å². The summed E-state index contributed by atoms with van der Waals surface area (Å²) >= 11 is 12.7. The van der Waals surface area contributed by atoms with Crippen molar-refractivity contribution < 1.29 is 43.8 Å². The number of phenols is 1. The van der Waals surface area contributed by atoms with E-state index in [0.717, 1.165) is 9.91 Å². The summed E-state index contributed by atoms with van der Waals surface area (Å²) in [6, 6.07) is 22.3.